The van der Waals surface area contributed by atoms with E-state index in [1.807, 2.05) is 0 Å². The Morgan fingerprint density at radius 2 is 1.92 bits per heavy atom. The number of methoxy groups -OCH3 is 2. The van der Waals surface area contributed by atoms with Crippen molar-refractivity contribution in [2.24, 2.45) is 0 Å². The van der Waals surface area contributed by atoms with Crippen molar-refractivity contribution < 1.29 is 28.2 Å². The minimum atomic E-state index is -0.762. The third kappa shape index (κ3) is 4.69. The number of carbonyl (C=O) groups excluding carboxylic acids is 2. The molecule has 0 heterocycles. The quantitative estimate of drug-likeness (QED) is 0.737. The first-order valence-electron chi connectivity index (χ1n) is 7.09. The monoisotopic (exact) mass is 411 g/mol. The van der Waals surface area contributed by atoms with Gasteiger partial charge in [-0.05, 0) is 30.3 Å². The Balaban J connectivity index is 2.01. The molecule has 0 radical (unpaired) electrons. The fraction of sp³-hybridized carbons (Fsp3) is 0.176. The molecule has 0 aliphatic rings. The summed E-state index contributed by atoms with van der Waals surface area (Å²) in [5.74, 6) is -1.48. The molecule has 0 unspecified atom stereocenters. The zero-order valence-electron chi connectivity index (χ0n) is 13.5. The van der Waals surface area contributed by atoms with Crippen molar-refractivity contribution in [3.8, 4) is 11.5 Å². The standard InChI is InChI=1S/C17H15BrFNO5/c1-23-14-5-3-4-11(16(14)24-2)17(22)25-9-15(21)20-13-7-6-10(18)8-12(13)19/h3-8H,9H2,1-2H3,(H,20,21). The van der Waals surface area contributed by atoms with E-state index in [9.17, 15) is 14.0 Å². The van der Waals surface area contributed by atoms with Gasteiger partial charge in [0.1, 0.15) is 11.4 Å². The van der Waals surface area contributed by atoms with E-state index in [4.69, 9.17) is 14.2 Å². The highest BCUT2D eigenvalue weighted by Gasteiger charge is 2.19. The van der Waals surface area contributed by atoms with Crippen LogP contribution in [0.4, 0.5) is 10.1 Å². The second kappa shape index (κ2) is 8.48. The lowest BCUT2D eigenvalue weighted by molar-refractivity contribution is -0.119. The van der Waals surface area contributed by atoms with Crippen LogP contribution >= 0.6 is 15.9 Å². The average Bonchev–Trinajstić information content (AvgIpc) is 2.61. The van der Waals surface area contributed by atoms with Crippen LogP contribution in [0.5, 0.6) is 11.5 Å². The molecule has 0 atom stereocenters. The highest BCUT2D eigenvalue weighted by Crippen LogP contribution is 2.31. The predicted octanol–water partition coefficient (Wildman–Crippen LogP) is 3.40. The molecule has 8 heteroatoms. The predicted molar refractivity (Wildman–Crippen MR) is 92.6 cm³/mol. The number of hydrogen-bond donors (Lipinski definition) is 1. The summed E-state index contributed by atoms with van der Waals surface area (Å²) in [7, 11) is 2.82. The van der Waals surface area contributed by atoms with Gasteiger partial charge in [-0.2, -0.15) is 0 Å². The van der Waals surface area contributed by atoms with Crippen LogP contribution in [-0.2, 0) is 9.53 Å². The number of hydrogen-bond acceptors (Lipinski definition) is 5. The minimum Gasteiger partial charge on any atom is -0.493 e. The Morgan fingerprint density at radius 1 is 1.16 bits per heavy atom. The Labute approximate surface area is 152 Å². The van der Waals surface area contributed by atoms with E-state index in [-0.39, 0.29) is 17.0 Å². The van der Waals surface area contributed by atoms with Crippen molar-refractivity contribution in [3.05, 3.63) is 52.3 Å². The molecule has 2 aromatic carbocycles. The van der Waals surface area contributed by atoms with Gasteiger partial charge >= 0.3 is 5.97 Å². The van der Waals surface area contributed by atoms with Crippen molar-refractivity contribution in [2.75, 3.05) is 26.1 Å². The van der Waals surface area contributed by atoms with E-state index in [0.29, 0.717) is 10.2 Å². The first kappa shape index (κ1) is 18.7. The van der Waals surface area contributed by atoms with Crippen LogP contribution in [0.2, 0.25) is 0 Å². The summed E-state index contributed by atoms with van der Waals surface area (Å²) in [4.78, 5) is 24.0. The molecule has 6 nitrogen and oxygen atoms in total. The zero-order chi connectivity index (χ0) is 18.4. The SMILES string of the molecule is COc1cccc(C(=O)OCC(=O)Nc2ccc(Br)cc2F)c1OC. The number of anilines is 1. The van der Waals surface area contributed by atoms with Gasteiger partial charge in [-0.25, -0.2) is 9.18 Å². The van der Waals surface area contributed by atoms with E-state index < -0.39 is 24.3 Å². The van der Waals surface area contributed by atoms with E-state index in [1.165, 1.54) is 32.4 Å². The average molecular weight is 412 g/mol. The molecular weight excluding hydrogens is 397 g/mol. The summed E-state index contributed by atoms with van der Waals surface area (Å²) in [6.07, 6.45) is 0. The normalized spacial score (nSPS) is 10.1. The molecule has 1 N–H and O–H groups in total. The molecule has 0 bridgehead atoms. The van der Waals surface area contributed by atoms with E-state index in [1.54, 1.807) is 18.2 Å². The molecule has 0 aliphatic heterocycles. The van der Waals surface area contributed by atoms with Gasteiger partial charge in [0.15, 0.2) is 18.1 Å². The third-order valence-corrected chi connectivity index (χ3v) is 3.66. The second-order valence-electron chi connectivity index (χ2n) is 4.79. The number of carbonyl (C=O) groups is 2. The molecule has 0 saturated heterocycles. The summed E-state index contributed by atoms with van der Waals surface area (Å²) in [5.41, 5.74) is 0.104. The largest absolute Gasteiger partial charge is 0.493 e. The Bertz CT molecular complexity index is 797. The van der Waals surface area contributed by atoms with Crippen LogP contribution in [0.1, 0.15) is 10.4 Å². The summed E-state index contributed by atoms with van der Waals surface area (Å²) >= 11 is 3.12. The minimum absolute atomic E-state index is 0.0109. The van der Waals surface area contributed by atoms with Gasteiger partial charge in [-0.3, -0.25) is 4.79 Å². The van der Waals surface area contributed by atoms with E-state index in [2.05, 4.69) is 21.2 Å². The van der Waals surface area contributed by atoms with Crippen molar-refractivity contribution in [3.63, 3.8) is 0 Å². The van der Waals surface area contributed by atoms with Gasteiger partial charge in [0.05, 0.1) is 19.9 Å². The molecular formula is C17H15BrFNO5. The zero-order valence-corrected chi connectivity index (χ0v) is 15.1. The topological polar surface area (TPSA) is 73.9 Å². The van der Waals surface area contributed by atoms with Gasteiger partial charge in [0.25, 0.3) is 5.91 Å². The fourth-order valence-electron chi connectivity index (χ4n) is 2.03. The summed E-state index contributed by atoms with van der Waals surface area (Å²) in [5, 5.41) is 2.33. The number of halogens is 2. The molecule has 0 fully saturated rings. The van der Waals surface area contributed by atoms with Gasteiger partial charge in [-0.1, -0.05) is 22.0 Å². The van der Waals surface area contributed by atoms with E-state index in [0.717, 1.165) is 0 Å². The molecule has 0 saturated carbocycles. The van der Waals surface area contributed by atoms with Gasteiger partial charge in [0.2, 0.25) is 0 Å². The molecule has 0 aromatic heterocycles. The number of amides is 1. The van der Waals surface area contributed by atoms with Crippen molar-refractivity contribution in [2.45, 2.75) is 0 Å². The highest BCUT2D eigenvalue weighted by molar-refractivity contribution is 9.10. The maximum atomic E-state index is 13.7. The molecule has 132 valence electrons. The number of nitrogens with one attached hydrogen (secondary N) is 1. The summed E-state index contributed by atoms with van der Waals surface area (Å²) < 4.78 is 29.4. The number of ether oxygens (including phenoxy) is 3. The van der Waals surface area contributed by atoms with Crippen LogP contribution in [0.25, 0.3) is 0 Å². The number of rotatable bonds is 6. The second-order valence-corrected chi connectivity index (χ2v) is 5.71. The first-order chi connectivity index (χ1) is 12.0. The molecule has 0 aliphatic carbocycles. The lowest BCUT2D eigenvalue weighted by Gasteiger charge is -2.12. The lowest BCUT2D eigenvalue weighted by Crippen LogP contribution is -2.21. The van der Waals surface area contributed by atoms with Gasteiger partial charge in [0, 0.05) is 4.47 Å². The Hall–Kier alpha value is -2.61. The summed E-state index contributed by atoms with van der Waals surface area (Å²) in [6, 6.07) is 8.88. The van der Waals surface area contributed by atoms with Gasteiger partial charge < -0.3 is 19.5 Å². The van der Waals surface area contributed by atoms with Crippen molar-refractivity contribution in [1.29, 1.82) is 0 Å². The van der Waals surface area contributed by atoms with Crippen LogP contribution in [0, 0.1) is 5.82 Å². The maximum absolute atomic E-state index is 13.7. The molecule has 25 heavy (non-hydrogen) atoms. The highest BCUT2D eigenvalue weighted by atomic mass is 79.9. The molecule has 0 spiro atoms. The molecule has 1 amide bonds. The van der Waals surface area contributed by atoms with Crippen molar-refractivity contribution in [1.82, 2.24) is 0 Å². The Kier molecular flexibility index (Phi) is 6.35. The smallest absolute Gasteiger partial charge is 0.342 e. The van der Waals surface area contributed by atoms with Crippen LogP contribution in [0.3, 0.4) is 0 Å². The number of benzene rings is 2. The summed E-state index contributed by atoms with van der Waals surface area (Å²) in [6.45, 7) is -0.575. The van der Waals surface area contributed by atoms with Crippen LogP contribution < -0.4 is 14.8 Å². The van der Waals surface area contributed by atoms with E-state index >= 15 is 0 Å². The van der Waals surface area contributed by atoms with Crippen LogP contribution in [0.15, 0.2) is 40.9 Å². The lowest BCUT2D eigenvalue weighted by atomic mass is 10.2. The Morgan fingerprint density at radius 3 is 2.56 bits per heavy atom. The molecule has 2 aromatic rings. The number of esters is 1. The van der Waals surface area contributed by atoms with Crippen molar-refractivity contribution >= 4 is 33.5 Å². The van der Waals surface area contributed by atoms with Gasteiger partial charge in [-0.15, -0.1) is 0 Å². The van der Waals surface area contributed by atoms with Crippen LogP contribution in [-0.4, -0.2) is 32.7 Å². The number of para-hydroxylation sites is 1. The molecule has 2 rings (SSSR count). The maximum Gasteiger partial charge on any atom is 0.342 e. The third-order valence-electron chi connectivity index (χ3n) is 3.16. The fourth-order valence-corrected chi connectivity index (χ4v) is 2.37. The first-order valence-corrected chi connectivity index (χ1v) is 7.88.